The van der Waals surface area contributed by atoms with Gasteiger partial charge in [0.1, 0.15) is 17.9 Å². The highest BCUT2D eigenvalue weighted by molar-refractivity contribution is 9.10. The first kappa shape index (κ1) is 22.8. The summed E-state index contributed by atoms with van der Waals surface area (Å²) >= 11 is 3.30. The molecule has 0 spiro atoms. The molecule has 0 heterocycles. The fraction of sp³-hybridized carbons (Fsp3) is 0.526. The topological polar surface area (TPSA) is 103 Å². The Balaban J connectivity index is 3.33. The number of halogens is 1. The van der Waals surface area contributed by atoms with Crippen LogP contribution in [-0.4, -0.2) is 40.7 Å². The molecule has 0 aromatic heterocycles. The molecule has 0 saturated carbocycles. The Labute approximate surface area is 168 Å². The van der Waals surface area contributed by atoms with Gasteiger partial charge >= 0.3 is 6.09 Å². The number of nitriles is 1. The number of nitrogens with zero attached hydrogens (tertiary/aromatic N) is 2. The van der Waals surface area contributed by atoms with E-state index < -0.39 is 23.6 Å². The summed E-state index contributed by atoms with van der Waals surface area (Å²) in [5, 5.41) is 21.8. The molecule has 0 bridgehead atoms. The minimum Gasteiger partial charge on any atom is -0.495 e. The highest BCUT2D eigenvalue weighted by atomic mass is 79.9. The third-order valence-electron chi connectivity index (χ3n) is 3.91. The summed E-state index contributed by atoms with van der Waals surface area (Å²) in [6, 6.07) is 4.21. The molecule has 1 unspecified atom stereocenters. The number of rotatable bonds is 6. The van der Waals surface area contributed by atoms with E-state index >= 15 is 0 Å². The lowest BCUT2D eigenvalue weighted by Crippen LogP contribution is -2.56. The molecular weight excluding hydrogens is 414 g/mol. The van der Waals surface area contributed by atoms with Crippen molar-refractivity contribution in [1.82, 2.24) is 4.90 Å². The zero-order chi connectivity index (χ0) is 20.9. The largest absolute Gasteiger partial charge is 0.495 e. The predicted molar refractivity (Wildman–Crippen MR) is 107 cm³/mol. The van der Waals surface area contributed by atoms with Crippen molar-refractivity contribution in [3.8, 4) is 11.8 Å². The second-order valence-electron chi connectivity index (χ2n) is 7.60. The number of carbonyl (C=O) groups is 2. The van der Waals surface area contributed by atoms with E-state index in [0.717, 1.165) is 4.90 Å². The third-order valence-corrected chi connectivity index (χ3v) is 4.53. The van der Waals surface area contributed by atoms with Gasteiger partial charge in [-0.15, -0.1) is 0 Å². The number of methoxy groups -OCH3 is 1. The van der Waals surface area contributed by atoms with Gasteiger partial charge in [0.05, 0.1) is 22.8 Å². The minimum absolute atomic E-state index is 0.0971. The van der Waals surface area contributed by atoms with Crippen molar-refractivity contribution in [2.75, 3.05) is 12.4 Å². The molecule has 1 aromatic rings. The van der Waals surface area contributed by atoms with E-state index in [1.807, 2.05) is 19.9 Å². The van der Waals surface area contributed by atoms with Crippen LogP contribution in [0.4, 0.5) is 10.5 Å². The Bertz CT molecular complexity index is 751. The summed E-state index contributed by atoms with van der Waals surface area (Å²) in [4.78, 5) is 26.0. The zero-order valence-corrected chi connectivity index (χ0v) is 18.0. The molecule has 0 radical (unpaired) electrons. The number of anilines is 1. The molecule has 1 rings (SSSR count). The predicted octanol–water partition coefficient (Wildman–Crippen LogP) is 4.46. The third kappa shape index (κ3) is 5.86. The van der Waals surface area contributed by atoms with Gasteiger partial charge in [0.25, 0.3) is 0 Å². The Kier molecular flexibility index (Phi) is 7.66. The number of amides is 2. The van der Waals surface area contributed by atoms with Crippen LogP contribution in [0.15, 0.2) is 16.6 Å². The number of benzene rings is 1. The van der Waals surface area contributed by atoms with Gasteiger partial charge in [-0.25, -0.2) is 4.79 Å². The summed E-state index contributed by atoms with van der Waals surface area (Å²) in [5.74, 6) is 0.0670. The summed E-state index contributed by atoms with van der Waals surface area (Å²) in [6.07, 6.45) is -0.817. The maximum Gasteiger partial charge on any atom is 0.408 e. The second-order valence-corrected chi connectivity index (χ2v) is 8.46. The van der Waals surface area contributed by atoms with E-state index in [4.69, 9.17) is 4.74 Å². The lowest BCUT2D eigenvalue weighted by molar-refractivity contribution is -0.123. The quantitative estimate of drug-likeness (QED) is 0.680. The lowest BCUT2D eigenvalue weighted by Gasteiger charge is -2.39. The molecule has 0 aliphatic rings. The molecule has 0 saturated heterocycles. The van der Waals surface area contributed by atoms with E-state index in [1.165, 1.54) is 13.2 Å². The lowest BCUT2D eigenvalue weighted by atomic mass is 9.96. The SMILES string of the molecule is COc1cc(NC(=O)C(CC(C)C)N(C(=O)O)C(C)(C)C)c(C#N)cc1Br. The van der Waals surface area contributed by atoms with Crippen LogP contribution in [0.2, 0.25) is 0 Å². The minimum atomic E-state index is -1.17. The van der Waals surface area contributed by atoms with Gasteiger partial charge in [-0.05, 0) is 55.1 Å². The molecule has 0 aliphatic heterocycles. The molecule has 7 nitrogen and oxygen atoms in total. The Morgan fingerprint density at radius 2 is 1.96 bits per heavy atom. The number of hydrogen-bond donors (Lipinski definition) is 2. The fourth-order valence-corrected chi connectivity index (χ4v) is 3.29. The van der Waals surface area contributed by atoms with E-state index in [2.05, 4.69) is 21.2 Å². The maximum atomic E-state index is 13.0. The molecule has 0 fully saturated rings. The molecule has 1 atom stereocenters. The van der Waals surface area contributed by atoms with Gasteiger partial charge in [-0.2, -0.15) is 5.26 Å². The first-order valence-electron chi connectivity index (χ1n) is 8.53. The standard InChI is InChI=1S/C19H26BrN3O4/c1-11(2)7-15(23(18(25)26)19(3,4)5)17(24)22-14-9-16(27-6)13(20)8-12(14)10-21/h8-9,11,15H,7H2,1-6H3,(H,22,24)(H,25,26). The van der Waals surface area contributed by atoms with Gasteiger partial charge in [0, 0.05) is 11.6 Å². The van der Waals surface area contributed by atoms with Crippen molar-refractivity contribution in [1.29, 1.82) is 5.26 Å². The number of carbonyl (C=O) groups excluding carboxylic acids is 1. The Morgan fingerprint density at radius 3 is 2.37 bits per heavy atom. The average molecular weight is 440 g/mol. The summed E-state index contributed by atoms with van der Waals surface area (Å²) in [7, 11) is 1.48. The number of nitrogens with one attached hydrogen (secondary N) is 1. The second kappa shape index (κ2) is 9.09. The van der Waals surface area contributed by atoms with Crippen molar-refractivity contribution < 1.29 is 19.4 Å². The monoisotopic (exact) mass is 439 g/mol. The van der Waals surface area contributed by atoms with Crippen LogP contribution in [0, 0.1) is 17.2 Å². The van der Waals surface area contributed by atoms with Gasteiger partial charge < -0.3 is 15.2 Å². The van der Waals surface area contributed by atoms with E-state index in [9.17, 15) is 20.0 Å². The van der Waals surface area contributed by atoms with Gasteiger partial charge in [-0.1, -0.05) is 13.8 Å². The van der Waals surface area contributed by atoms with Crippen LogP contribution < -0.4 is 10.1 Å². The highest BCUT2D eigenvalue weighted by Gasteiger charge is 2.38. The molecular formula is C19H26BrN3O4. The molecule has 27 heavy (non-hydrogen) atoms. The van der Waals surface area contributed by atoms with Crippen LogP contribution in [0.1, 0.15) is 46.6 Å². The zero-order valence-electron chi connectivity index (χ0n) is 16.5. The van der Waals surface area contributed by atoms with Crippen molar-refractivity contribution in [2.45, 2.75) is 52.6 Å². The van der Waals surface area contributed by atoms with Crippen molar-refractivity contribution >= 4 is 33.6 Å². The fourth-order valence-electron chi connectivity index (χ4n) is 2.79. The molecule has 8 heteroatoms. The summed E-state index contributed by atoms with van der Waals surface area (Å²) in [6.45, 7) is 9.07. The highest BCUT2D eigenvalue weighted by Crippen LogP contribution is 2.32. The maximum absolute atomic E-state index is 13.0. The van der Waals surface area contributed by atoms with Crippen LogP contribution in [0.3, 0.4) is 0 Å². The average Bonchev–Trinajstić information content (AvgIpc) is 2.53. The van der Waals surface area contributed by atoms with Crippen LogP contribution in [0.5, 0.6) is 5.75 Å². The molecule has 2 N–H and O–H groups in total. The summed E-state index contributed by atoms with van der Waals surface area (Å²) in [5.41, 5.74) is -0.245. The van der Waals surface area contributed by atoms with E-state index in [-0.39, 0.29) is 17.2 Å². The molecule has 0 aliphatic carbocycles. The first-order valence-corrected chi connectivity index (χ1v) is 9.32. The van der Waals surface area contributed by atoms with Crippen LogP contribution in [0.25, 0.3) is 0 Å². The molecule has 148 valence electrons. The Hall–Kier alpha value is -2.27. The van der Waals surface area contributed by atoms with Crippen LogP contribution >= 0.6 is 15.9 Å². The van der Waals surface area contributed by atoms with E-state index in [0.29, 0.717) is 16.6 Å². The van der Waals surface area contributed by atoms with Gasteiger partial charge in [-0.3, -0.25) is 9.69 Å². The van der Waals surface area contributed by atoms with E-state index in [1.54, 1.807) is 26.8 Å². The number of hydrogen-bond acceptors (Lipinski definition) is 4. The normalized spacial score (nSPS) is 12.3. The van der Waals surface area contributed by atoms with Crippen molar-refractivity contribution in [3.05, 3.63) is 22.2 Å². The van der Waals surface area contributed by atoms with Crippen LogP contribution in [-0.2, 0) is 4.79 Å². The van der Waals surface area contributed by atoms with Gasteiger partial charge in [0.2, 0.25) is 5.91 Å². The number of ether oxygens (including phenoxy) is 1. The molecule has 1 aromatic carbocycles. The van der Waals surface area contributed by atoms with Crippen molar-refractivity contribution in [3.63, 3.8) is 0 Å². The smallest absolute Gasteiger partial charge is 0.408 e. The summed E-state index contributed by atoms with van der Waals surface area (Å²) < 4.78 is 5.80. The number of carboxylic acid groups (broad SMARTS) is 1. The first-order chi connectivity index (χ1) is 12.4. The molecule has 2 amide bonds. The Morgan fingerprint density at radius 1 is 1.37 bits per heavy atom. The van der Waals surface area contributed by atoms with Crippen molar-refractivity contribution in [2.24, 2.45) is 5.92 Å². The van der Waals surface area contributed by atoms with Gasteiger partial charge in [0.15, 0.2) is 0 Å².